The smallest absolute Gasteiger partial charge is 0.335 e. The summed E-state index contributed by atoms with van der Waals surface area (Å²) in [4.78, 5) is 24.1. The van der Waals surface area contributed by atoms with Crippen molar-refractivity contribution in [2.24, 2.45) is 0 Å². The van der Waals surface area contributed by atoms with Crippen LogP contribution < -0.4 is 5.32 Å². The van der Waals surface area contributed by atoms with Gasteiger partial charge in [-0.1, -0.05) is 0 Å². The summed E-state index contributed by atoms with van der Waals surface area (Å²) in [5, 5.41) is 20.5. The number of nitrogens with zero attached hydrogens (tertiary/aromatic N) is 1. The summed E-state index contributed by atoms with van der Waals surface area (Å²) >= 11 is 0. The van der Waals surface area contributed by atoms with Crippen LogP contribution >= 0.6 is 0 Å². The molecule has 0 saturated heterocycles. The van der Waals surface area contributed by atoms with Crippen LogP contribution in [0.4, 0.5) is 10.5 Å². The number of aryl methyl sites for hydroxylation is 1. The van der Waals surface area contributed by atoms with Crippen molar-refractivity contribution in [3.05, 3.63) is 29.3 Å². The maximum absolute atomic E-state index is 11.8. The lowest BCUT2D eigenvalue weighted by Gasteiger charge is -2.23. The highest BCUT2D eigenvalue weighted by atomic mass is 16.4. The number of nitrogens with one attached hydrogen (secondary N) is 1. The first-order valence-corrected chi connectivity index (χ1v) is 5.85. The number of benzene rings is 1. The van der Waals surface area contributed by atoms with E-state index in [9.17, 15) is 9.59 Å². The van der Waals surface area contributed by atoms with Gasteiger partial charge in [0.15, 0.2) is 0 Å². The van der Waals surface area contributed by atoms with Crippen LogP contribution in [0.5, 0.6) is 0 Å². The number of likely N-dealkylation sites (N-methyl/N-ethyl adjacent to an activating group) is 1. The van der Waals surface area contributed by atoms with Crippen molar-refractivity contribution in [3.8, 4) is 0 Å². The predicted octanol–water partition coefficient (Wildman–Crippen LogP) is 1.54. The van der Waals surface area contributed by atoms with Crippen LogP contribution in [0.3, 0.4) is 0 Å². The molecule has 104 valence electrons. The van der Waals surface area contributed by atoms with E-state index in [1.165, 1.54) is 17.0 Å². The van der Waals surface area contributed by atoms with E-state index in [0.29, 0.717) is 11.3 Å². The second kappa shape index (κ2) is 6.19. The van der Waals surface area contributed by atoms with Gasteiger partial charge >= 0.3 is 12.0 Å². The quantitative estimate of drug-likeness (QED) is 0.771. The Morgan fingerprint density at radius 3 is 2.53 bits per heavy atom. The number of hydrogen-bond donors (Lipinski definition) is 3. The number of urea groups is 1. The number of carboxylic acid groups (broad SMARTS) is 1. The number of rotatable bonds is 4. The summed E-state index contributed by atoms with van der Waals surface area (Å²) in [6, 6.07) is 3.93. The Morgan fingerprint density at radius 2 is 2.05 bits per heavy atom. The first kappa shape index (κ1) is 15.0. The Morgan fingerprint density at radius 1 is 1.42 bits per heavy atom. The fourth-order valence-electron chi connectivity index (χ4n) is 1.52. The van der Waals surface area contributed by atoms with Gasteiger partial charge in [0.25, 0.3) is 0 Å². The van der Waals surface area contributed by atoms with Gasteiger partial charge in [-0.25, -0.2) is 9.59 Å². The molecule has 19 heavy (non-hydrogen) atoms. The molecule has 0 aliphatic carbocycles. The molecular formula is C13H18N2O4. The third-order valence-electron chi connectivity index (χ3n) is 2.95. The standard InChI is InChI=1S/C13H18N2O4/c1-8-6-10(4-5-11(8)12(17)18)14-13(19)15(3)9(2)7-16/h4-6,9,16H,7H2,1-3H3,(H,14,19)(H,17,18). The Labute approximate surface area is 111 Å². The van der Waals surface area contributed by atoms with Gasteiger partial charge in [0.1, 0.15) is 0 Å². The van der Waals surface area contributed by atoms with Crippen molar-refractivity contribution in [2.45, 2.75) is 19.9 Å². The van der Waals surface area contributed by atoms with Crippen LogP contribution in [0, 0.1) is 6.92 Å². The third kappa shape index (κ3) is 3.69. The van der Waals surface area contributed by atoms with Crippen LogP contribution in [0.15, 0.2) is 18.2 Å². The van der Waals surface area contributed by atoms with Crippen molar-refractivity contribution in [1.29, 1.82) is 0 Å². The number of amides is 2. The van der Waals surface area contributed by atoms with Crippen LogP contribution in [-0.4, -0.2) is 46.8 Å². The van der Waals surface area contributed by atoms with Crippen LogP contribution in [0.25, 0.3) is 0 Å². The average molecular weight is 266 g/mol. The van der Waals surface area contributed by atoms with E-state index in [1.807, 2.05) is 0 Å². The molecule has 1 rings (SSSR count). The molecule has 0 radical (unpaired) electrons. The third-order valence-corrected chi connectivity index (χ3v) is 2.95. The van der Waals surface area contributed by atoms with Crippen LogP contribution in [0.1, 0.15) is 22.8 Å². The number of hydrogen-bond acceptors (Lipinski definition) is 3. The first-order chi connectivity index (χ1) is 8.86. The average Bonchev–Trinajstić information content (AvgIpc) is 2.36. The summed E-state index contributed by atoms with van der Waals surface area (Å²) in [5.74, 6) is -0.999. The Bertz CT molecular complexity index is 488. The largest absolute Gasteiger partial charge is 0.478 e. The molecule has 0 aliphatic rings. The fraction of sp³-hybridized carbons (Fsp3) is 0.385. The van der Waals surface area contributed by atoms with Crippen molar-refractivity contribution >= 4 is 17.7 Å². The number of aliphatic hydroxyl groups is 1. The van der Waals surface area contributed by atoms with Crippen molar-refractivity contribution in [3.63, 3.8) is 0 Å². The van der Waals surface area contributed by atoms with Crippen molar-refractivity contribution in [1.82, 2.24) is 4.90 Å². The summed E-state index contributed by atoms with van der Waals surface area (Å²) in [5.41, 5.74) is 1.29. The molecule has 0 fully saturated rings. The van der Waals surface area contributed by atoms with E-state index in [1.54, 1.807) is 27.0 Å². The predicted molar refractivity (Wildman–Crippen MR) is 71.5 cm³/mol. The Hall–Kier alpha value is -2.08. The minimum atomic E-state index is -0.999. The molecule has 0 bridgehead atoms. The molecule has 0 saturated carbocycles. The second-order valence-corrected chi connectivity index (χ2v) is 4.41. The van der Waals surface area contributed by atoms with Crippen molar-refractivity contribution < 1.29 is 19.8 Å². The van der Waals surface area contributed by atoms with Gasteiger partial charge in [-0.2, -0.15) is 0 Å². The van der Waals surface area contributed by atoms with E-state index in [0.717, 1.165) is 0 Å². The molecule has 2 amide bonds. The zero-order valence-corrected chi connectivity index (χ0v) is 11.2. The SMILES string of the molecule is Cc1cc(NC(=O)N(C)C(C)CO)ccc1C(=O)O. The summed E-state index contributed by atoms with van der Waals surface area (Å²) in [7, 11) is 1.58. The normalized spacial score (nSPS) is 11.8. The van der Waals surface area contributed by atoms with Gasteiger partial charge < -0.3 is 20.4 Å². The number of anilines is 1. The molecule has 0 spiro atoms. The van der Waals surface area contributed by atoms with E-state index >= 15 is 0 Å². The zero-order valence-electron chi connectivity index (χ0n) is 11.2. The van der Waals surface area contributed by atoms with Crippen molar-refractivity contribution in [2.75, 3.05) is 19.0 Å². The Kier molecular flexibility index (Phi) is 4.88. The molecule has 6 nitrogen and oxygen atoms in total. The fourth-order valence-corrected chi connectivity index (χ4v) is 1.52. The number of aliphatic hydroxyl groups excluding tert-OH is 1. The molecule has 3 N–H and O–H groups in total. The van der Waals surface area contributed by atoms with Gasteiger partial charge in [0.05, 0.1) is 18.2 Å². The molecule has 0 heterocycles. The molecule has 1 unspecified atom stereocenters. The summed E-state index contributed by atoms with van der Waals surface area (Å²) in [6.45, 7) is 3.26. The lowest BCUT2D eigenvalue weighted by molar-refractivity contribution is 0.0696. The molecule has 1 aromatic carbocycles. The lowest BCUT2D eigenvalue weighted by Crippen LogP contribution is -2.40. The number of aromatic carboxylic acids is 1. The van der Waals surface area contributed by atoms with Gasteiger partial charge in [0, 0.05) is 12.7 Å². The summed E-state index contributed by atoms with van der Waals surface area (Å²) < 4.78 is 0. The van der Waals surface area contributed by atoms with Gasteiger partial charge in [-0.05, 0) is 37.6 Å². The maximum Gasteiger partial charge on any atom is 0.335 e. The van der Waals surface area contributed by atoms with E-state index in [-0.39, 0.29) is 24.2 Å². The van der Waals surface area contributed by atoms with Gasteiger partial charge in [-0.3, -0.25) is 0 Å². The number of carboxylic acids is 1. The minimum absolute atomic E-state index is 0.124. The minimum Gasteiger partial charge on any atom is -0.478 e. The molecule has 0 aromatic heterocycles. The number of carbonyl (C=O) groups excluding carboxylic acids is 1. The van der Waals surface area contributed by atoms with Crippen LogP contribution in [0.2, 0.25) is 0 Å². The molecule has 0 aliphatic heterocycles. The molecule has 6 heteroatoms. The Balaban J connectivity index is 2.81. The maximum atomic E-state index is 11.8. The molecule has 1 atom stereocenters. The molecule has 1 aromatic rings. The first-order valence-electron chi connectivity index (χ1n) is 5.85. The highest BCUT2D eigenvalue weighted by molar-refractivity contribution is 5.92. The van der Waals surface area contributed by atoms with Gasteiger partial charge in [-0.15, -0.1) is 0 Å². The second-order valence-electron chi connectivity index (χ2n) is 4.41. The zero-order chi connectivity index (χ0) is 14.6. The highest BCUT2D eigenvalue weighted by Crippen LogP contribution is 2.15. The lowest BCUT2D eigenvalue weighted by atomic mass is 10.1. The monoisotopic (exact) mass is 266 g/mol. The topological polar surface area (TPSA) is 89.9 Å². The van der Waals surface area contributed by atoms with E-state index in [4.69, 9.17) is 10.2 Å². The highest BCUT2D eigenvalue weighted by Gasteiger charge is 2.15. The van der Waals surface area contributed by atoms with E-state index in [2.05, 4.69) is 5.32 Å². The van der Waals surface area contributed by atoms with E-state index < -0.39 is 5.97 Å². The number of carbonyl (C=O) groups is 2. The van der Waals surface area contributed by atoms with Gasteiger partial charge in [0.2, 0.25) is 0 Å². The summed E-state index contributed by atoms with van der Waals surface area (Å²) in [6.07, 6.45) is 0. The molecular weight excluding hydrogens is 248 g/mol. The van der Waals surface area contributed by atoms with Crippen LogP contribution in [-0.2, 0) is 0 Å².